The lowest BCUT2D eigenvalue weighted by Crippen LogP contribution is -2.39. The summed E-state index contributed by atoms with van der Waals surface area (Å²) >= 11 is 0. The van der Waals surface area contributed by atoms with Crippen molar-refractivity contribution in [2.45, 2.75) is 13.0 Å². The Hall–Kier alpha value is -1.99. The summed E-state index contributed by atoms with van der Waals surface area (Å²) in [4.78, 5) is 6.78. The van der Waals surface area contributed by atoms with Gasteiger partial charge < -0.3 is 25.3 Å². The summed E-state index contributed by atoms with van der Waals surface area (Å²) in [6.45, 7) is 6.03. The van der Waals surface area contributed by atoms with E-state index in [9.17, 15) is 0 Å². The Balaban J connectivity index is 1.73. The Morgan fingerprint density at radius 2 is 2.08 bits per heavy atom. The summed E-state index contributed by atoms with van der Waals surface area (Å²) in [5.41, 5.74) is 6.90. The van der Waals surface area contributed by atoms with Gasteiger partial charge in [-0.1, -0.05) is 0 Å². The molecule has 0 radical (unpaired) electrons. The average molecular weight is 336 g/mol. The van der Waals surface area contributed by atoms with Crippen molar-refractivity contribution in [2.24, 2.45) is 10.7 Å². The number of nitrogens with zero attached hydrogens (tertiary/aromatic N) is 2. The van der Waals surface area contributed by atoms with Crippen LogP contribution in [0.15, 0.2) is 23.2 Å². The fourth-order valence-corrected chi connectivity index (χ4v) is 2.55. The Labute approximate surface area is 143 Å². The monoisotopic (exact) mass is 336 g/mol. The van der Waals surface area contributed by atoms with Gasteiger partial charge in [0.2, 0.25) is 0 Å². The Morgan fingerprint density at radius 1 is 1.29 bits per heavy atom. The van der Waals surface area contributed by atoms with E-state index in [4.69, 9.17) is 19.9 Å². The van der Waals surface area contributed by atoms with Gasteiger partial charge in [0.15, 0.2) is 5.96 Å². The highest BCUT2D eigenvalue weighted by Gasteiger charge is 2.09. The quantitative estimate of drug-likeness (QED) is 0.416. The molecule has 1 fully saturated rings. The molecule has 1 heterocycles. The van der Waals surface area contributed by atoms with Crippen LogP contribution in [0, 0.1) is 0 Å². The third-order valence-electron chi connectivity index (χ3n) is 3.97. The smallest absolute Gasteiger partial charge is 0.188 e. The predicted molar refractivity (Wildman–Crippen MR) is 94.8 cm³/mol. The number of aliphatic imine (C=N–C) groups is 1. The highest BCUT2D eigenvalue weighted by Crippen LogP contribution is 2.24. The van der Waals surface area contributed by atoms with Crippen LogP contribution in [-0.2, 0) is 11.3 Å². The molecule has 24 heavy (non-hydrogen) atoms. The molecule has 1 aromatic rings. The lowest BCUT2D eigenvalue weighted by Gasteiger charge is -2.26. The van der Waals surface area contributed by atoms with Crippen molar-refractivity contribution in [1.82, 2.24) is 10.2 Å². The molecule has 3 N–H and O–H groups in total. The molecule has 7 nitrogen and oxygen atoms in total. The van der Waals surface area contributed by atoms with Crippen LogP contribution in [0.5, 0.6) is 11.5 Å². The number of guanidine groups is 1. The van der Waals surface area contributed by atoms with Crippen LogP contribution < -0.4 is 20.5 Å². The normalized spacial score (nSPS) is 16.0. The summed E-state index contributed by atoms with van der Waals surface area (Å²) in [7, 11) is 3.26. The minimum atomic E-state index is 0.454. The second-order valence-electron chi connectivity index (χ2n) is 5.61. The van der Waals surface area contributed by atoms with E-state index < -0.39 is 0 Å². The van der Waals surface area contributed by atoms with E-state index in [0.717, 1.165) is 62.9 Å². The second-order valence-corrected chi connectivity index (χ2v) is 5.61. The van der Waals surface area contributed by atoms with Crippen LogP contribution in [0.1, 0.15) is 12.0 Å². The number of ether oxygens (including phenoxy) is 3. The first-order valence-corrected chi connectivity index (χ1v) is 8.27. The van der Waals surface area contributed by atoms with Gasteiger partial charge >= 0.3 is 0 Å². The largest absolute Gasteiger partial charge is 0.497 e. The third-order valence-corrected chi connectivity index (χ3v) is 3.97. The summed E-state index contributed by atoms with van der Waals surface area (Å²) in [5.74, 6) is 1.96. The number of hydrogen-bond acceptors (Lipinski definition) is 5. The molecule has 0 amide bonds. The van der Waals surface area contributed by atoms with Crippen molar-refractivity contribution < 1.29 is 14.2 Å². The van der Waals surface area contributed by atoms with Gasteiger partial charge in [0.1, 0.15) is 11.5 Å². The van der Waals surface area contributed by atoms with Crippen LogP contribution in [0.25, 0.3) is 0 Å². The molecule has 0 bridgehead atoms. The van der Waals surface area contributed by atoms with Crippen LogP contribution in [0.3, 0.4) is 0 Å². The fourth-order valence-electron chi connectivity index (χ4n) is 2.55. The molecule has 0 aliphatic carbocycles. The highest BCUT2D eigenvalue weighted by atomic mass is 16.5. The Morgan fingerprint density at radius 3 is 2.79 bits per heavy atom. The minimum Gasteiger partial charge on any atom is -0.497 e. The summed E-state index contributed by atoms with van der Waals surface area (Å²) in [6, 6.07) is 5.67. The SMILES string of the molecule is COc1ccc(CN=C(N)NCCCN2CCOCC2)c(OC)c1. The number of benzene rings is 1. The van der Waals surface area contributed by atoms with E-state index in [1.807, 2.05) is 18.2 Å². The number of nitrogens with two attached hydrogens (primary N) is 1. The van der Waals surface area contributed by atoms with Crippen LogP contribution in [-0.4, -0.2) is 64.5 Å². The number of methoxy groups -OCH3 is 2. The summed E-state index contributed by atoms with van der Waals surface area (Å²) in [5, 5.41) is 3.16. The second kappa shape index (κ2) is 10.00. The average Bonchev–Trinajstić information content (AvgIpc) is 2.64. The van der Waals surface area contributed by atoms with Gasteiger partial charge in [-0.25, -0.2) is 4.99 Å². The number of rotatable bonds is 8. The summed E-state index contributed by atoms with van der Waals surface area (Å²) in [6.07, 6.45) is 1.03. The van der Waals surface area contributed by atoms with E-state index in [1.54, 1.807) is 14.2 Å². The minimum absolute atomic E-state index is 0.454. The molecule has 1 aromatic carbocycles. The molecule has 7 heteroatoms. The number of nitrogens with one attached hydrogen (secondary N) is 1. The molecule has 0 spiro atoms. The van der Waals surface area contributed by atoms with Crippen molar-refractivity contribution >= 4 is 5.96 Å². The van der Waals surface area contributed by atoms with E-state index in [0.29, 0.717) is 12.5 Å². The first-order valence-electron chi connectivity index (χ1n) is 8.27. The van der Waals surface area contributed by atoms with Gasteiger partial charge in [-0.15, -0.1) is 0 Å². The first kappa shape index (κ1) is 18.4. The maximum absolute atomic E-state index is 5.93. The van der Waals surface area contributed by atoms with Gasteiger partial charge in [0.05, 0.1) is 34.0 Å². The van der Waals surface area contributed by atoms with Gasteiger partial charge in [-0.3, -0.25) is 4.90 Å². The van der Waals surface area contributed by atoms with Crippen LogP contribution in [0.4, 0.5) is 0 Å². The molecule has 1 saturated heterocycles. The van der Waals surface area contributed by atoms with E-state index in [2.05, 4.69) is 15.2 Å². The molecular weight excluding hydrogens is 308 g/mol. The fraction of sp³-hybridized carbons (Fsp3) is 0.588. The molecule has 1 aliphatic rings. The van der Waals surface area contributed by atoms with E-state index in [1.165, 1.54) is 0 Å². The standard InChI is InChI=1S/C17H28N4O3/c1-22-15-5-4-14(16(12-15)23-2)13-20-17(18)19-6-3-7-21-8-10-24-11-9-21/h4-5,12H,3,6-11,13H2,1-2H3,(H3,18,19,20). The van der Waals surface area contributed by atoms with Gasteiger partial charge in [-0.05, 0) is 25.1 Å². The van der Waals surface area contributed by atoms with E-state index in [-0.39, 0.29) is 0 Å². The predicted octanol–water partition coefficient (Wildman–Crippen LogP) is 0.830. The Bertz CT molecular complexity index is 531. The zero-order valence-electron chi connectivity index (χ0n) is 14.6. The van der Waals surface area contributed by atoms with E-state index >= 15 is 0 Å². The van der Waals surface area contributed by atoms with Crippen molar-refractivity contribution in [3.8, 4) is 11.5 Å². The van der Waals surface area contributed by atoms with Gasteiger partial charge in [0.25, 0.3) is 0 Å². The molecule has 0 aromatic heterocycles. The zero-order valence-corrected chi connectivity index (χ0v) is 14.6. The van der Waals surface area contributed by atoms with Crippen molar-refractivity contribution in [3.63, 3.8) is 0 Å². The molecule has 134 valence electrons. The summed E-state index contributed by atoms with van der Waals surface area (Å²) < 4.78 is 15.9. The molecule has 0 unspecified atom stereocenters. The molecule has 0 atom stereocenters. The Kier molecular flexibility index (Phi) is 7.64. The maximum Gasteiger partial charge on any atom is 0.188 e. The third kappa shape index (κ3) is 5.90. The van der Waals surface area contributed by atoms with Gasteiger partial charge in [-0.2, -0.15) is 0 Å². The topological polar surface area (TPSA) is 81.3 Å². The zero-order chi connectivity index (χ0) is 17.2. The number of morpholine rings is 1. The molecule has 2 rings (SSSR count). The maximum atomic E-state index is 5.93. The lowest BCUT2D eigenvalue weighted by molar-refractivity contribution is 0.0376. The molecular formula is C17H28N4O3. The van der Waals surface area contributed by atoms with Crippen molar-refractivity contribution in [1.29, 1.82) is 0 Å². The molecule has 0 saturated carbocycles. The van der Waals surface area contributed by atoms with Gasteiger partial charge in [0, 0.05) is 31.3 Å². The van der Waals surface area contributed by atoms with Crippen LogP contribution in [0.2, 0.25) is 0 Å². The van der Waals surface area contributed by atoms with Crippen molar-refractivity contribution in [3.05, 3.63) is 23.8 Å². The highest BCUT2D eigenvalue weighted by molar-refractivity contribution is 5.77. The van der Waals surface area contributed by atoms with Crippen molar-refractivity contribution in [2.75, 3.05) is 53.6 Å². The lowest BCUT2D eigenvalue weighted by atomic mass is 10.2. The molecule has 1 aliphatic heterocycles. The first-order chi connectivity index (χ1) is 11.7. The number of hydrogen-bond donors (Lipinski definition) is 2. The van der Waals surface area contributed by atoms with Crippen LogP contribution >= 0.6 is 0 Å².